The molecule has 120 valence electrons. The van der Waals surface area contributed by atoms with E-state index in [-0.39, 0.29) is 18.0 Å². The van der Waals surface area contributed by atoms with E-state index in [9.17, 15) is 13.7 Å². The lowest BCUT2D eigenvalue weighted by molar-refractivity contribution is 0.301. The van der Waals surface area contributed by atoms with Gasteiger partial charge in [-0.3, -0.25) is 4.98 Å². The third-order valence-corrected chi connectivity index (χ3v) is 4.91. The molecule has 2 aromatic rings. The van der Waals surface area contributed by atoms with E-state index in [2.05, 4.69) is 15.8 Å². The van der Waals surface area contributed by atoms with Crippen LogP contribution in [0.1, 0.15) is 16.8 Å². The van der Waals surface area contributed by atoms with Gasteiger partial charge in [0.05, 0.1) is 22.8 Å². The average Bonchev–Trinajstić information content (AvgIpc) is 2.55. The number of aliphatic hydroxyl groups is 1. The number of pyridine rings is 1. The third-order valence-electron chi connectivity index (χ3n) is 3.43. The molecule has 0 saturated carbocycles. The van der Waals surface area contributed by atoms with E-state index in [4.69, 9.17) is 5.11 Å². The van der Waals surface area contributed by atoms with Crippen molar-refractivity contribution in [2.45, 2.75) is 18.7 Å². The Hall–Kier alpha value is -2.27. The van der Waals surface area contributed by atoms with Crippen molar-refractivity contribution in [2.24, 2.45) is 0 Å². The number of aromatic nitrogens is 1. The standard InChI is InChI=1S/C16H17N3O3S/c1-11-9-14(10-17)16(19-12(11)2)13-3-5-15(6-4-13)23(21,22)18-7-8-20/h3-6,9,18,20H,7-8H2,1-2H3. The van der Waals surface area contributed by atoms with Crippen LogP contribution in [-0.2, 0) is 10.0 Å². The number of rotatable bonds is 5. The number of sulfonamides is 1. The topological polar surface area (TPSA) is 103 Å². The zero-order valence-electron chi connectivity index (χ0n) is 12.9. The molecule has 1 heterocycles. The Morgan fingerprint density at radius 1 is 1.26 bits per heavy atom. The summed E-state index contributed by atoms with van der Waals surface area (Å²) in [5, 5.41) is 18.0. The number of nitrogens with zero attached hydrogens (tertiary/aromatic N) is 2. The normalized spacial score (nSPS) is 11.2. The first kappa shape index (κ1) is 17.1. The van der Waals surface area contributed by atoms with E-state index >= 15 is 0 Å². The predicted molar refractivity (Wildman–Crippen MR) is 86.1 cm³/mol. The van der Waals surface area contributed by atoms with Gasteiger partial charge in [-0.2, -0.15) is 5.26 Å². The molecule has 1 aromatic carbocycles. The van der Waals surface area contributed by atoms with Gasteiger partial charge in [-0.25, -0.2) is 13.1 Å². The number of nitrogens with one attached hydrogen (secondary N) is 1. The summed E-state index contributed by atoms with van der Waals surface area (Å²) >= 11 is 0. The molecule has 0 aliphatic carbocycles. The largest absolute Gasteiger partial charge is 0.395 e. The Kier molecular flexibility index (Phi) is 5.11. The van der Waals surface area contributed by atoms with Crippen LogP contribution in [-0.4, -0.2) is 31.7 Å². The molecule has 6 nitrogen and oxygen atoms in total. The molecule has 2 rings (SSSR count). The molecule has 0 saturated heterocycles. The Morgan fingerprint density at radius 3 is 2.48 bits per heavy atom. The maximum absolute atomic E-state index is 12.0. The van der Waals surface area contributed by atoms with Crippen LogP contribution in [0.4, 0.5) is 0 Å². The van der Waals surface area contributed by atoms with E-state index in [1.807, 2.05) is 13.8 Å². The van der Waals surface area contributed by atoms with Gasteiger partial charge in [0, 0.05) is 17.8 Å². The van der Waals surface area contributed by atoms with Crippen LogP contribution in [0.5, 0.6) is 0 Å². The molecule has 0 spiro atoms. The minimum Gasteiger partial charge on any atom is -0.395 e. The quantitative estimate of drug-likeness (QED) is 0.864. The lowest BCUT2D eigenvalue weighted by Crippen LogP contribution is -2.26. The van der Waals surface area contributed by atoms with Gasteiger partial charge in [-0.05, 0) is 37.6 Å². The van der Waals surface area contributed by atoms with Crippen LogP contribution in [0, 0.1) is 25.2 Å². The molecule has 2 N–H and O–H groups in total. The van der Waals surface area contributed by atoms with Crippen LogP contribution >= 0.6 is 0 Å². The number of aliphatic hydroxyl groups excluding tert-OH is 1. The molecule has 0 aliphatic heterocycles. The van der Waals surface area contributed by atoms with Crippen molar-refractivity contribution in [3.8, 4) is 17.3 Å². The highest BCUT2D eigenvalue weighted by atomic mass is 32.2. The second kappa shape index (κ2) is 6.87. The summed E-state index contributed by atoms with van der Waals surface area (Å²) in [6, 6.07) is 10.0. The molecule has 0 bridgehead atoms. The van der Waals surface area contributed by atoms with Gasteiger partial charge in [-0.15, -0.1) is 0 Å². The Bertz CT molecular complexity index is 853. The summed E-state index contributed by atoms with van der Waals surface area (Å²) in [6.45, 7) is 3.43. The number of nitriles is 1. The molecule has 0 fully saturated rings. The van der Waals surface area contributed by atoms with Crippen molar-refractivity contribution in [2.75, 3.05) is 13.2 Å². The second-order valence-electron chi connectivity index (χ2n) is 5.04. The van der Waals surface area contributed by atoms with E-state index in [0.29, 0.717) is 16.8 Å². The van der Waals surface area contributed by atoms with Gasteiger partial charge in [0.25, 0.3) is 0 Å². The number of benzene rings is 1. The smallest absolute Gasteiger partial charge is 0.240 e. The van der Waals surface area contributed by atoms with Crippen molar-refractivity contribution in [3.05, 3.63) is 47.2 Å². The van der Waals surface area contributed by atoms with Crippen LogP contribution in [0.3, 0.4) is 0 Å². The van der Waals surface area contributed by atoms with E-state index in [1.165, 1.54) is 12.1 Å². The Morgan fingerprint density at radius 2 is 1.91 bits per heavy atom. The number of aryl methyl sites for hydroxylation is 2. The first-order valence-corrected chi connectivity index (χ1v) is 8.46. The second-order valence-corrected chi connectivity index (χ2v) is 6.81. The summed E-state index contributed by atoms with van der Waals surface area (Å²) < 4.78 is 26.2. The fourth-order valence-corrected chi connectivity index (χ4v) is 3.09. The minimum absolute atomic E-state index is 0.0403. The molecule has 23 heavy (non-hydrogen) atoms. The zero-order chi connectivity index (χ0) is 17.0. The molecule has 0 atom stereocenters. The molecular formula is C16H17N3O3S. The van der Waals surface area contributed by atoms with Crippen molar-refractivity contribution in [1.29, 1.82) is 5.26 Å². The van der Waals surface area contributed by atoms with Gasteiger partial charge >= 0.3 is 0 Å². The maximum atomic E-state index is 12.0. The SMILES string of the molecule is Cc1cc(C#N)c(-c2ccc(S(=O)(=O)NCCO)cc2)nc1C. The number of hydrogen-bond donors (Lipinski definition) is 2. The predicted octanol–water partition coefficient (Wildman–Crippen LogP) is 1.51. The van der Waals surface area contributed by atoms with Crippen LogP contribution in [0.2, 0.25) is 0 Å². The van der Waals surface area contributed by atoms with Crippen molar-refractivity contribution >= 4 is 10.0 Å². The summed E-state index contributed by atoms with van der Waals surface area (Å²) in [6.07, 6.45) is 0. The highest BCUT2D eigenvalue weighted by molar-refractivity contribution is 7.89. The molecular weight excluding hydrogens is 314 g/mol. The van der Waals surface area contributed by atoms with Crippen LogP contribution < -0.4 is 4.72 Å². The number of hydrogen-bond acceptors (Lipinski definition) is 5. The van der Waals surface area contributed by atoms with Crippen LogP contribution in [0.25, 0.3) is 11.3 Å². The van der Waals surface area contributed by atoms with E-state index in [0.717, 1.165) is 11.3 Å². The van der Waals surface area contributed by atoms with Gasteiger partial charge in [0.15, 0.2) is 0 Å². The maximum Gasteiger partial charge on any atom is 0.240 e. The van der Waals surface area contributed by atoms with E-state index < -0.39 is 10.0 Å². The van der Waals surface area contributed by atoms with Crippen molar-refractivity contribution in [1.82, 2.24) is 9.71 Å². The highest BCUT2D eigenvalue weighted by Crippen LogP contribution is 2.24. The van der Waals surface area contributed by atoms with Crippen LogP contribution in [0.15, 0.2) is 35.2 Å². The van der Waals surface area contributed by atoms with E-state index in [1.54, 1.807) is 18.2 Å². The summed E-state index contributed by atoms with van der Waals surface area (Å²) in [4.78, 5) is 4.53. The monoisotopic (exact) mass is 331 g/mol. The van der Waals surface area contributed by atoms with Crippen molar-refractivity contribution < 1.29 is 13.5 Å². The zero-order valence-corrected chi connectivity index (χ0v) is 13.7. The minimum atomic E-state index is -3.65. The first-order chi connectivity index (χ1) is 10.9. The lowest BCUT2D eigenvalue weighted by Gasteiger charge is -2.09. The summed E-state index contributed by atoms with van der Waals surface area (Å²) in [7, 11) is -3.65. The average molecular weight is 331 g/mol. The fourth-order valence-electron chi connectivity index (χ4n) is 2.07. The van der Waals surface area contributed by atoms with Gasteiger partial charge in [0.2, 0.25) is 10.0 Å². The summed E-state index contributed by atoms with van der Waals surface area (Å²) in [5.41, 5.74) is 3.40. The summed E-state index contributed by atoms with van der Waals surface area (Å²) in [5.74, 6) is 0. The van der Waals surface area contributed by atoms with Gasteiger partial charge < -0.3 is 5.11 Å². The molecule has 0 radical (unpaired) electrons. The van der Waals surface area contributed by atoms with Gasteiger partial charge in [-0.1, -0.05) is 12.1 Å². The highest BCUT2D eigenvalue weighted by Gasteiger charge is 2.14. The van der Waals surface area contributed by atoms with Gasteiger partial charge in [0.1, 0.15) is 6.07 Å². The first-order valence-electron chi connectivity index (χ1n) is 6.98. The molecule has 0 unspecified atom stereocenters. The molecule has 7 heteroatoms. The lowest BCUT2D eigenvalue weighted by atomic mass is 10.0. The Balaban J connectivity index is 2.42. The Labute approximate surface area is 135 Å². The molecule has 1 aromatic heterocycles. The third kappa shape index (κ3) is 3.74. The fraction of sp³-hybridized carbons (Fsp3) is 0.250. The molecule has 0 amide bonds. The molecule has 0 aliphatic rings. The van der Waals surface area contributed by atoms with Crippen molar-refractivity contribution in [3.63, 3.8) is 0 Å².